The van der Waals surface area contributed by atoms with E-state index in [0.29, 0.717) is 24.0 Å². The first kappa shape index (κ1) is 30.1. The van der Waals surface area contributed by atoms with Crippen molar-refractivity contribution in [2.24, 2.45) is 0 Å². The maximum atomic E-state index is 12.2. The third-order valence-corrected chi connectivity index (χ3v) is 5.82. The van der Waals surface area contributed by atoms with Gasteiger partial charge in [0.15, 0.2) is 0 Å². The Morgan fingerprint density at radius 2 is 0.975 bits per heavy atom. The number of esters is 4. The van der Waals surface area contributed by atoms with Gasteiger partial charge in [-0.15, -0.1) is 0 Å². The summed E-state index contributed by atoms with van der Waals surface area (Å²) in [5.74, 6) is -1.71. The molecule has 0 aliphatic heterocycles. The molecule has 8 heteroatoms. The molecule has 3 rings (SSSR count). The van der Waals surface area contributed by atoms with Crippen molar-refractivity contribution in [2.45, 2.75) is 51.7 Å². The largest absolute Gasteiger partial charge is 0.462 e. The Kier molecular flexibility index (Phi) is 11.9. The third-order valence-electron chi connectivity index (χ3n) is 5.82. The fraction of sp³-hybridized carbons (Fsp3) is 0.312. The summed E-state index contributed by atoms with van der Waals surface area (Å²) in [6.45, 7) is 3.29. The molecule has 0 radical (unpaired) electrons. The van der Waals surface area contributed by atoms with Gasteiger partial charge in [0.2, 0.25) is 0 Å². The SMILES string of the molecule is CC(COC(=O)CCc1cccc(CCC(=O)OCC(C)OC(=O)c2ccccc2)c1)OC(=O)c1ccccc1. The highest BCUT2D eigenvalue weighted by molar-refractivity contribution is 5.89. The van der Waals surface area contributed by atoms with Gasteiger partial charge >= 0.3 is 23.9 Å². The minimum atomic E-state index is -0.571. The number of carbonyl (C=O) groups is 4. The highest BCUT2D eigenvalue weighted by atomic mass is 16.6. The van der Waals surface area contributed by atoms with Crippen LogP contribution >= 0.6 is 0 Å². The first-order chi connectivity index (χ1) is 19.3. The summed E-state index contributed by atoms with van der Waals surface area (Å²) in [6.07, 6.45) is 0.144. The summed E-state index contributed by atoms with van der Waals surface area (Å²) in [5, 5.41) is 0. The van der Waals surface area contributed by atoms with E-state index < -0.39 is 36.1 Å². The summed E-state index contributed by atoms with van der Waals surface area (Å²) in [5.41, 5.74) is 2.75. The number of benzene rings is 3. The van der Waals surface area contributed by atoms with Gasteiger partial charge < -0.3 is 18.9 Å². The number of aryl methyl sites for hydroxylation is 2. The molecule has 8 nitrogen and oxygen atoms in total. The van der Waals surface area contributed by atoms with Gasteiger partial charge in [-0.2, -0.15) is 0 Å². The van der Waals surface area contributed by atoms with Crippen molar-refractivity contribution in [3.05, 3.63) is 107 Å². The molecule has 0 saturated heterocycles. The molecule has 210 valence electrons. The fourth-order valence-corrected chi connectivity index (χ4v) is 3.72. The Morgan fingerprint density at radius 1 is 0.575 bits per heavy atom. The average Bonchev–Trinajstić information content (AvgIpc) is 2.98. The van der Waals surface area contributed by atoms with Crippen LogP contribution in [0.15, 0.2) is 84.9 Å². The molecule has 0 fully saturated rings. The summed E-state index contributed by atoms with van der Waals surface area (Å²) in [7, 11) is 0. The number of rotatable bonds is 14. The molecular weight excluding hydrogens is 512 g/mol. The minimum Gasteiger partial charge on any atom is -0.462 e. The summed E-state index contributed by atoms with van der Waals surface area (Å²) < 4.78 is 21.1. The maximum absolute atomic E-state index is 12.2. The van der Waals surface area contributed by atoms with Gasteiger partial charge in [-0.05, 0) is 62.1 Å². The Balaban J connectivity index is 1.32. The molecule has 2 atom stereocenters. The molecule has 0 amide bonds. The molecule has 0 saturated carbocycles. The lowest BCUT2D eigenvalue weighted by Crippen LogP contribution is -2.22. The second kappa shape index (κ2) is 15.8. The van der Waals surface area contributed by atoms with Crippen molar-refractivity contribution in [1.29, 1.82) is 0 Å². The van der Waals surface area contributed by atoms with E-state index in [2.05, 4.69) is 0 Å². The van der Waals surface area contributed by atoms with E-state index in [0.717, 1.165) is 11.1 Å². The standard InChI is InChI=1S/C32H34O8/c1-23(39-31(35)27-12-5-3-6-13-27)21-37-29(33)18-16-25-10-9-11-26(20-25)17-19-30(34)38-22-24(2)40-32(36)28-14-7-4-8-15-28/h3-15,20,23-24H,16-19,21-22H2,1-2H3. The van der Waals surface area contributed by atoms with Crippen molar-refractivity contribution < 1.29 is 38.1 Å². The predicted molar refractivity (Wildman–Crippen MR) is 148 cm³/mol. The van der Waals surface area contributed by atoms with Gasteiger partial charge in [0.25, 0.3) is 0 Å². The monoisotopic (exact) mass is 546 g/mol. The van der Waals surface area contributed by atoms with Gasteiger partial charge in [-0.3, -0.25) is 9.59 Å². The number of hydrogen-bond acceptors (Lipinski definition) is 8. The smallest absolute Gasteiger partial charge is 0.338 e. The van der Waals surface area contributed by atoms with Crippen LogP contribution in [0.25, 0.3) is 0 Å². The minimum absolute atomic E-state index is 0.0242. The molecule has 0 heterocycles. The number of carbonyl (C=O) groups excluding carboxylic acids is 4. The summed E-state index contributed by atoms with van der Waals surface area (Å²) in [6, 6.07) is 24.9. The van der Waals surface area contributed by atoms with E-state index in [4.69, 9.17) is 18.9 Å². The second-order valence-corrected chi connectivity index (χ2v) is 9.35. The van der Waals surface area contributed by atoms with Gasteiger partial charge in [0, 0.05) is 12.8 Å². The van der Waals surface area contributed by atoms with E-state index in [-0.39, 0.29) is 26.1 Å². The zero-order chi connectivity index (χ0) is 28.7. The molecule has 0 bridgehead atoms. The first-order valence-electron chi connectivity index (χ1n) is 13.2. The van der Waals surface area contributed by atoms with Crippen LogP contribution in [0.1, 0.15) is 58.5 Å². The lowest BCUT2D eigenvalue weighted by Gasteiger charge is -2.14. The number of hydrogen-bond donors (Lipinski definition) is 0. The molecule has 3 aromatic carbocycles. The van der Waals surface area contributed by atoms with Crippen LogP contribution in [0.3, 0.4) is 0 Å². The molecule has 0 aromatic heterocycles. The highest BCUT2D eigenvalue weighted by Crippen LogP contribution is 2.12. The van der Waals surface area contributed by atoms with Crippen LogP contribution in [-0.2, 0) is 41.4 Å². The fourth-order valence-electron chi connectivity index (χ4n) is 3.72. The topological polar surface area (TPSA) is 105 Å². The molecule has 40 heavy (non-hydrogen) atoms. The first-order valence-corrected chi connectivity index (χ1v) is 13.2. The van der Waals surface area contributed by atoms with Crippen molar-refractivity contribution in [3.8, 4) is 0 Å². The van der Waals surface area contributed by atoms with Gasteiger partial charge in [0.05, 0.1) is 11.1 Å². The zero-order valence-corrected chi connectivity index (χ0v) is 22.7. The van der Waals surface area contributed by atoms with Crippen LogP contribution in [0.4, 0.5) is 0 Å². The quantitative estimate of drug-likeness (QED) is 0.202. The van der Waals surface area contributed by atoms with E-state index in [1.165, 1.54) is 0 Å². The summed E-state index contributed by atoms with van der Waals surface area (Å²) in [4.78, 5) is 48.6. The molecule has 3 aromatic rings. The van der Waals surface area contributed by atoms with Crippen molar-refractivity contribution in [2.75, 3.05) is 13.2 Å². The van der Waals surface area contributed by atoms with Crippen molar-refractivity contribution in [1.82, 2.24) is 0 Å². The van der Waals surface area contributed by atoms with E-state index >= 15 is 0 Å². The maximum Gasteiger partial charge on any atom is 0.338 e. The molecule has 0 aliphatic rings. The van der Waals surface area contributed by atoms with Gasteiger partial charge in [-0.1, -0.05) is 60.7 Å². The molecule has 0 spiro atoms. The van der Waals surface area contributed by atoms with Crippen molar-refractivity contribution >= 4 is 23.9 Å². The normalized spacial score (nSPS) is 12.1. The van der Waals surface area contributed by atoms with E-state index in [1.807, 2.05) is 36.4 Å². The average molecular weight is 547 g/mol. The molecule has 0 aliphatic carbocycles. The molecule has 2 unspecified atom stereocenters. The Labute approximate surface area is 234 Å². The van der Waals surface area contributed by atoms with E-state index in [1.54, 1.807) is 62.4 Å². The molecular formula is C32H34O8. The predicted octanol–water partition coefficient (Wildman–Crippen LogP) is 5.13. The number of ether oxygens (including phenoxy) is 4. The Bertz CT molecular complexity index is 1160. The lowest BCUT2D eigenvalue weighted by molar-refractivity contribution is -0.147. The zero-order valence-electron chi connectivity index (χ0n) is 22.7. The van der Waals surface area contributed by atoms with Gasteiger partial charge in [-0.25, -0.2) is 9.59 Å². The molecule has 0 N–H and O–H groups in total. The second-order valence-electron chi connectivity index (χ2n) is 9.35. The Morgan fingerprint density at radius 3 is 1.38 bits per heavy atom. The highest BCUT2D eigenvalue weighted by Gasteiger charge is 2.15. The van der Waals surface area contributed by atoms with Crippen LogP contribution in [-0.4, -0.2) is 49.3 Å². The van der Waals surface area contributed by atoms with E-state index in [9.17, 15) is 19.2 Å². The van der Waals surface area contributed by atoms with Crippen LogP contribution in [0, 0.1) is 0 Å². The van der Waals surface area contributed by atoms with Gasteiger partial charge in [0.1, 0.15) is 25.4 Å². The Hall–Kier alpha value is -4.46. The van der Waals surface area contributed by atoms with Crippen LogP contribution in [0.2, 0.25) is 0 Å². The third kappa shape index (κ3) is 10.7. The lowest BCUT2D eigenvalue weighted by atomic mass is 10.0. The van der Waals surface area contributed by atoms with Crippen molar-refractivity contribution in [3.63, 3.8) is 0 Å². The van der Waals surface area contributed by atoms with Crippen LogP contribution in [0.5, 0.6) is 0 Å². The summed E-state index contributed by atoms with van der Waals surface area (Å²) >= 11 is 0. The van der Waals surface area contributed by atoms with Crippen LogP contribution < -0.4 is 0 Å².